The predicted octanol–water partition coefficient (Wildman–Crippen LogP) is 3.04. The highest BCUT2D eigenvalue weighted by atomic mass is 32.2. The van der Waals surface area contributed by atoms with E-state index in [1.807, 2.05) is 0 Å². The van der Waals surface area contributed by atoms with Gasteiger partial charge in [0.05, 0.1) is 11.4 Å². The van der Waals surface area contributed by atoms with Crippen molar-refractivity contribution in [1.82, 2.24) is 4.98 Å². The highest BCUT2D eigenvalue weighted by Crippen LogP contribution is 2.33. The molecule has 0 spiro atoms. The van der Waals surface area contributed by atoms with Crippen LogP contribution in [-0.4, -0.2) is 28.3 Å². The number of halogens is 3. The van der Waals surface area contributed by atoms with E-state index >= 15 is 0 Å². The number of aryl methyl sites for hydroxylation is 1. The largest absolute Gasteiger partial charge is 0.433 e. The van der Waals surface area contributed by atoms with Crippen LogP contribution in [0.15, 0.2) is 12.1 Å². The summed E-state index contributed by atoms with van der Waals surface area (Å²) in [5.41, 5.74) is -0.402. The SMILES string of the molecule is CC(=O)SCC1CC(=O)N(c2ccc(C(F)(F)F)nc2C)C1. The van der Waals surface area contributed by atoms with Crippen molar-refractivity contribution in [3.05, 3.63) is 23.5 Å². The molecule has 1 amide bonds. The summed E-state index contributed by atoms with van der Waals surface area (Å²) in [5.74, 6) is 0.395. The Morgan fingerprint density at radius 3 is 2.68 bits per heavy atom. The number of aromatic nitrogens is 1. The Bertz CT molecular complexity index is 604. The highest BCUT2D eigenvalue weighted by molar-refractivity contribution is 8.13. The second kappa shape index (κ2) is 6.28. The van der Waals surface area contributed by atoms with Gasteiger partial charge >= 0.3 is 6.18 Å². The van der Waals surface area contributed by atoms with E-state index < -0.39 is 11.9 Å². The molecule has 1 aliphatic rings. The molecule has 0 aromatic carbocycles. The molecule has 0 bridgehead atoms. The van der Waals surface area contributed by atoms with Crippen LogP contribution < -0.4 is 4.90 Å². The Kier molecular flexibility index (Phi) is 4.79. The molecule has 0 N–H and O–H groups in total. The molecular weight excluding hydrogens is 317 g/mol. The third-order valence-corrected chi connectivity index (χ3v) is 4.41. The minimum atomic E-state index is -4.50. The van der Waals surface area contributed by atoms with Gasteiger partial charge in [-0.25, -0.2) is 4.98 Å². The van der Waals surface area contributed by atoms with E-state index in [2.05, 4.69) is 4.98 Å². The zero-order valence-corrected chi connectivity index (χ0v) is 12.9. The third kappa shape index (κ3) is 3.79. The number of anilines is 1. The van der Waals surface area contributed by atoms with Crippen molar-refractivity contribution in [2.45, 2.75) is 26.4 Å². The molecule has 0 radical (unpaired) electrons. The van der Waals surface area contributed by atoms with E-state index in [1.165, 1.54) is 24.8 Å². The standard InChI is InChI=1S/C14H15F3N2O2S/c1-8-11(3-4-12(18-8)14(15,16)17)19-6-10(5-13(19)21)7-22-9(2)20/h3-4,10H,5-7H2,1-2H3. The normalized spacial score (nSPS) is 18.9. The first kappa shape index (κ1) is 16.8. The van der Waals surface area contributed by atoms with Crippen LogP contribution in [0.25, 0.3) is 0 Å². The van der Waals surface area contributed by atoms with Crippen LogP contribution in [0.5, 0.6) is 0 Å². The fourth-order valence-electron chi connectivity index (χ4n) is 2.36. The molecule has 4 nitrogen and oxygen atoms in total. The molecule has 0 saturated carbocycles. The van der Waals surface area contributed by atoms with Crippen molar-refractivity contribution in [3.63, 3.8) is 0 Å². The molecule has 1 aromatic heterocycles. The zero-order valence-electron chi connectivity index (χ0n) is 12.1. The number of pyridine rings is 1. The van der Waals surface area contributed by atoms with Gasteiger partial charge in [0, 0.05) is 25.6 Å². The summed E-state index contributed by atoms with van der Waals surface area (Å²) in [6.45, 7) is 3.31. The zero-order chi connectivity index (χ0) is 16.5. The van der Waals surface area contributed by atoms with Crippen LogP contribution >= 0.6 is 11.8 Å². The van der Waals surface area contributed by atoms with Gasteiger partial charge in [-0.15, -0.1) is 0 Å². The molecule has 1 unspecified atom stereocenters. The average molecular weight is 332 g/mol. The summed E-state index contributed by atoms with van der Waals surface area (Å²) in [4.78, 5) is 28.0. The van der Waals surface area contributed by atoms with Crippen molar-refractivity contribution in [2.75, 3.05) is 17.2 Å². The quantitative estimate of drug-likeness (QED) is 0.854. The lowest BCUT2D eigenvalue weighted by atomic mass is 10.1. The van der Waals surface area contributed by atoms with Gasteiger partial charge in [-0.3, -0.25) is 9.59 Å². The van der Waals surface area contributed by atoms with E-state index in [1.54, 1.807) is 0 Å². The Labute approximate surface area is 130 Å². The van der Waals surface area contributed by atoms with Crippen molar-refractivity contribution < 1.29 is 22.8 Å². The topological polar surface area (TPSA) is 50.3 Å². The van der Waals surface area contributed by atoms with Gasteiger partial charge in [-0.05, 0) is 25.0 Å². The lowest BCUT2D eigenvalue weighted by Crippen LogP contribution is -2.26. The fraction of sp³-hybridized carbons (Fsp3) is 0.500. The van der Waals surface area contributed by atoms with Gasteiger partial charge in [-0.2, -0.15) is 13.2 Å². The van der Waals surface area contributed by atoms with Crippen LogP contribution in [0, 0.1) is 12.8 Å². The summed E-state index contributed by atoms with van der Waals surface area (Å²) in [5, 5.41) is -0.0155. The van der Waals surface area contributed by atoms with Crippen LogP contribution in [-0.2, 0) is 15.8 Å². The summed E-state index contributed by atoms with van der Waals surface area (Å²) < 4.78 is 37.8. The number of carbonyl (C=O) groups is 2. The van der Waals surface area contributed by atoms with Crippen LogP contribution in [0.2, 0.25) is 0 Å². The minimum absolute atomic E-state index is 0.0155. The predicted molar refractivity (Wildman–Crippen MR) is 77.6 cm³/mol. The number of nitrogens with zero attached hydrogens (tertiary/aromatic N) is 2. The number of alkyl halides is 3. The van der Waals surface area contributed by atoms with Crippen LogP contribution in [0.1, 0.15) is 24.7 Å². The monoisotopic (exact) mass is 332 g/mol. The van der Waals surface area contributed by atoms with Crippen LogP contribution in [0.4, 0.5) is 18.9 Å². The lowest BCUT2D eigenvalue weighted by Gasteiger charge is -2.19. The van der Waals surface area contributed by atoms with Gasteiger partial charge in [-0.1, -0.05) is 11.8 Å². The maximum atomic E-state index is 12.6. The second-order valence-electron chi connectivity index (χ2n) is 5.18. The average Bonchev–Trinajstić information content (AvgIpc) is 2.76. The first-order valence-electron chi connectivity index (χ1n) is 6.67. The first-order chi connectivity index (χ1) is 10.2. The maximum absolute atomic E-state index is 12.6. The Morgan fingerprint density at radius 1 is 1.45 bits per heavy atom. The van der Waals surface area contributed by atoms with Gasteiger partial charge < -0.3 is 4.90 Å². The van der Waals surface area contributed by atoms with Gasteiger partial charge in [0.15, 0.2) is 5.12 Å². The summed E-state index contributed by atoms with van der Waals surface area (Å²) in [6, 6.07) is 2.16. The van der Waals surface area contributed by atoms with E-state index in [-0.39, 0.29) is 22.6 Å². The summed E-state index contributed by atoms with van der Waals surface area (Å²) >= 11 is 1.16. The van der Waals surface area contributed by atoms with E-state index in [4.69, 9.17) is 0 Å². The molecule has 120 valence electrons. The first-order valence-corrected chi connectivity index (χ1v) is 7.65. The molecule has 8 heteroatoms. The number of thioether (sulfide) groups is 1. The van der Waals surface area contributed by atoms with Crippen molar-refractivity contribution in [3.8, 4) is 0 Å². The van der Waals surface area contributed by atoms with E-state index in [9.17, 15) is 22.8 Å². The molecule has 1 aliphatic heterocycles. The summed E-state index contributed by atoms with van der Waals surface area (Å²) in [6.07, 6.45) is -4.21. The minimum Gasteiger partial charge on any atom is -0.310 e. The smallest absolute Gasteiger partial charge is 0.310 e. The molecule has 2 rings (SSSR count). The number of rotatable bonds is 3. The Balaban J connectivity index is 2.15. The van der Waals surface area contributed by atoms with E-state index in [0.717, 1.165) is 17.8 Å². The highest BCUT2D eigenvalue weighted by Gasteiger charge is 2.35. The second-order valence-corrected chi connectivity index (χ2v) is 6.37. The molecule has 0 aliphatic carbocycles. The molecule has 1 fully saturated rings. The van der Waals surface area contributed by atoms with Gasteiger partial charge in [0.25, 0.3) is 0 Å². The van der Waals surface area contributed by atoms with E-state index in [0.29, 0.717) is 24.4 Å². The molecule has 1 atom stereocenters. The van der Waals surface area contributed by atoms with Gasteiger partial charge in [0.2, 0.25) is 5.91 Å². The lowest BCUT2D eigenvalue weighted by molar-refractivity contribution is -0.141. The van der Waals surface area contributed by atoms with Gasteiger partial charge in [0.1, 0.15) is 5.69 Å². The molecular formula is C14H15F3N2O2S. The number of carbonyl (C=O) groups excluding carboxylic acids is 2. The molecule has 22 heavy (non-hydrogen) atoms. The maximum Gasteiger partial charge on any atom is 0.433 e. The number of hydrogen-bond acceptors (Lipinski definition) is 4. The number of hydrogen-bond donors (Lipinski definition) is 0. The third-order valence-electron chi connectivity index (χ3n) is 3.37. The molecule has 2 heterocycles. The number of amides is 1. The van der Waals surface area contributed by atoms with Crippen molar-refractivity contribution in [2.24, 2.45) is 5.92 Å². The summed E-state index contributed by atoms with van der Waals surface area (Å²) in [7, 11) is 0. The molecule has 1 aromatic rings. The van der Waals surface area contributed by atoms with Crippen LogP contribution in [0.3, 0.4) is 0 Å². The fourth-order valence-corrected chi connectivity index (χ4v) is 3.05. The Hall–Kier alpha value is -1.57. The van der Waals surface area contributed by atoms with Crippen molar-refractivity contribution in [1.29, 1.82) is 0 Å². The van der Waals surface area contributed by atoms with Crippen molar-refractivity contribution >= 4 is 28.5 Å². The Morgan fingerprint density at radius 2 is 2.14 bits per heavy atom. The molecule has 1 saturated heterocycles.